The molecule has 1 unspecified atom stereocenters. The van der Waals surface area contributed by atoms with Gasteiger partial charge in [-0.1, -0.05) is 12.1 Å². The third-order valence-electron chi connectivity index (χ3n) is 3.29. The smallest absolute Gasteiger partial charge is 0.257 e. The lowest BCUT2D eigenvalue weighted by molar-refractivity contribution is 0.418. The van der Waals surface area contributed by atoms with Gasteiger partial charge in [0.2, 0.25) is 0 Å². The van der Waals surface area contributed by atoms with Crippen molar-refractivity contribution in [1.29, 1.82) is 0 Å². The quantitative estimate of drug-likeness (QED) is 0.863. The number of sulfone groups is 1. The van der Waals surface area contributed by atoms with Crippen molar-refractivity contribution in [2.45, 2.75) is 31.2 Å². The van der Waals surface area contributed by atoms with E-state index in [9.17, 15) is 8.42 Å². The molecule has 0 aliphatic heterocycles. The standard InChI is InChI=1S/C14H19N3O3S.ClH/c1-4-21(18,19)12-7-5-11(6-8-12)14-16-13(17-20-14)9-10(2)15-3;/h5-8,10,15H,4,9H2,1-3H3;1H. The van der Waals surface area contributed by atoms with Crippen LogP contribution in [0.5, 0.6) is 0 Å². The molecule has 1 aromatic carbocycles. The lowest BCUT2D eigenvalue weighted by Gasteiger charge is -2.04. The Labute approximate surface area is 136 Å². The van der Waals surface area contributed by atoms with E-state index in [1.165, 1.54) is 0 Å². The lowest BCUT2D eigenvalue weighted by atomic mass is 10.2. The van der Waals surface area contributed by atoms with Gasteiger partial charge < -0.3 is 9.84 Å². The van der Waals surface area contributed by atoms with Crippen molar-refractivity contribution in [3.8, 4) is 11.5 Å². The number of nitrogens with zero attached hydrogens (tertiary/aromatic N) is 2. The van der Waals surface area contributed by atoms with Crippen molar-refractivity contribution in [3.05, 3.63) is 30.1 Å². The van der Waals surface area contributed by atoms with Gasteiger partial charge in [0.05, 0.1) is 10.6 Å². The molecule has 6 nitrogen and oxygen atoms in total. The number of halogens is 1. The molecule has 0 fully saturated rings. The van der Waals surface area contributed by atoms with Gasteiger partial charge in [0, 0.05) is 18.0 Å². The molecule has 0 radical (unpaired) electrons. The number of benzene rings is 1. The fraction of sp³-hybridized carbons (Fsp3) is 0.429. The number of hydrogen-bond donors (Lipinski definition) is 1. The van der Waals surface area contributed by atoms with Crippen molar-refractivity contribution < 1.29 is 12.9 Å². The summed E-state index contributed by atoms with van der Waals surface area (Å²) in [6.07, 6.45) is 0.669. The zero-order valence-corrected chi connectivity index (χ0v) is 14.4. The van der Waals surface area contributed by atoms with Crippen LogP contribution >= 0.6 is 12.4 Å². The molecule has 0 aliphatic rings. The number of nitrogens with one attached hydrogen (secondary N) is 1. The zero-order valence-electron chi connectivity index (χ0n) is 12.7. The Morgan fingerprint density at radius 2 is 1.91 bits per heavy atom. The highest BCUT2D eigenvalue weighted by molar-refractivity contribution is 7.91. The fourth-order valence-electron chi connectivity index (χ4n) is 1.80. The van der Waals surface area contributed by atoms with E-state index in [-0.39, 0.29) is 24.2 Å². The summed E-state index contributed by atoms with van der Waals surface area (Å²) >= 11 is 0. The van der Waals surface area contributed by atoms with Gasteiger partial charge in [0.1, 0.15) is 0 Å². The second kappa shape index (κ2) is 7.71. The number of likely N-dealkylation sites (N-methyl/N-ethyl adjacent to an activating group) is 1. The molecular weight excluding hydrogens is 326 g/mol. The van der Waals surface area contributed by atoms with Crippen LogP contribution in [0, 0.1) is 0 Å². The van der Waals surface area contributed by atoms with Crippen LogP contribution in [0.3, 0.4) is 0 Å². The molecule has 0 aliphatic carbocycles. The van der Waals surface area contributed by atoms with E-state index in [0.717, 1.165) is 0 Å². The van der Waals surface area contributed by atoms with Crippen molar-refractivity contribution >= 4 is 22.2 Å². The molecule has 1 aromatic heterocycles. The third kappa shape index (κ3) is 4.28. The summed E-state index contributed by atoms with van der Waals surface area (Å²) in [5, 5.41) is 7.03. The van der Waals surface area contributed by atoms with E-state index in [1.54, 1.807) is 31.2 Å². The van der Waals surface area contributed by atoms with Gasteiger partial charge in [-0.15, -0.1) is 12.4 Å². The van der Waals surface area contributed by atoms with Gasteiger partial charge in [-0.3, -0.25) is 0 Å². The van der Waals surface area contributed by atoms with E-state index in [2.05, 4.69) is 15.5 Å². The molecule has 0 saturated heterocycles. The van der Waals surface area contributed by atoms with Gasteiger partial charge in [-0.25, -0.2) is 8.42 Å². The maximum absolute atomic E-state index is 11.7. The minimum Gasteiger partial charge on any atom is -0.334 e. The van der Waals surface area contributed by atoms with Crippen LogP contribution in [0.25, 0.3) is 11.5 Å². The van der Waals surface area contributed by atoms with E-state index in [4.69, 9.17) is 4.52 Å². The zero-order chi connectivity index (χ0) is 15.5. The summed E-state index contributed by atoms with van der Waals surface area (Å²) in [6.45, 7) is 3.65. The molecule has 8 heteroatoms. The maximum atomic E-state index is 11.7. The van der Waals surface area contributed by atoms with Crippen LogP contribution in [0.1, 0.15) is 19.7 Å². The van der Waals surface area contributed by atoms with Crippen molar-refractivity contribution in [2.75, 3.05) is 12.8 Å². The highest BCUT2D eigenvalue weighted by Gasteiger charge is 2.14. The summed E-state index contributed by atoms with van der Waals surface area (Å²) in [5.41, 5.74) is 0.709. The van der Waals surface area contributed by atoms with Crippen LogP contribution in [0.2, 0.25) is 0 Å². The molecule has 1 atom stereocenters. The van der Waals surface area contributed by atoms with Crippen LogP contribution in [0.4, 0.5) is 0 Å². The van der Waals surface area contributed by atoms with Gasteiger partial charge in [-0.05, 0) is 38.2 Å². The average Bonchev–Trinajstić information content (AvgIpc) is 2.95. The summed E-state index contributed by atoms with van der Waals surface area (Å²) < 4.78 is 28.7. The maximum Gasteiger partial charge on any atom is 0.257 e. The van der Waals surface area contributed by atoms with E-state index in [0.29, 0.717) is 28.6 Å². The lowest BCUT2D eigenvalue weighted by Crippen LogP contribution is -2.24. The first kappa shape index (κ1) is 18.6. The van der Waals surface area contributed by atoms with Gasteiger partial charge in [0.25, 0.3) is 5.89 Å². The van der Waals surface area contributed by atoms with Gasteiger partial charge >= 0.3 is 0 Å². The molecule has 0 saturated carbocycles. The topological polar surface area (TPSA) is 85.1 Å². The predicted octanol–water partition coefficient (Wildman–Crippen LogP) is 2.10. The monoisotopic (exact) mass is 345 g/mol. The first-order chi connectivity index (χ1) is 9.96. The molecular formula is C14H20ClN3O3S. The normalized spacial score (nSPS) is 12.7. The molecule has 122 valence electrons. The van der Waals surface area contributed by atoms with Crippen LogP contribution < -0.4 is 5.32 Å². The largest absolute Gasteiger partial charge is 0.334 e. The molecule has 22 heavy (non-hydrogen) atoms. The number of aromatic nitrogens is 2. The first-order valence-electron chi connectivity index (χ1n) is 6.79. The SMILES string of the molecule is CCS(=O)(=O)c1ccc(-c2nc(CC(C)NC)no2)cc1.Cl. The van der Waals surface area contributed by atoms with E-state index in [1.807, 2.05) is 14.0 Å². The highest BCUT2D eigenvalue weighted by Crippen LogP contribution is 2.20. The summed E-state index contributed by atoms with van der Waals surface area (Å²) in [7, 11) is -1.31. The minimum atomic E-state index is -3.19. The van der Waals surface area contributed by atoms with Crippen LogP contribution in [-0.2, 0) is 16.3 Å². The Bertz CT molecular complexity index is 698. The second-order valence-electron chi connectivity index (χ2n) is 4.84. The average molecular weight is 346 g/mol. The number of hydrogen-bond acceptors (Lipinski definition) is 6. The molecule has 2 aromatic rings. The van der Waals surface area contributed by atoms with Crippen LogP contribution in [0.15, 0.2) is 33.7 Å². The summed E-state index contributed by atoms with van der Waals surface area (Å²) in [6, 6.07) is 6.75. The minimum absolute atomic E-state index is 0. The Morgan fingerprint density at radius 3 is 2.45 bits per heavy atom. The van der Waals surface area contributed by atoms with Crippen molar-refractivity contribution in [2.24, 2.45) is 0 Å². The van der Waals surface area contributed by atoms with Crippen molar-refractivity contribution in [3.63, 3.8) is 0 Å². The van der Waals surface area contributed by atoms with Crippen molar-refractivity contribution in [1.82, 2.24) is 15.5 Å². The third-order valence-corrected chi connectivity index (χ3v) is 5.04. The number of rotatable bonds is 6. The van der Waals surface area contributed by atoms with Gasteiger partial charge in [0.15, 0.2) is 15.7 Å². The predicted molar refractivity (Wildman–Crippen MR) is 86.9 cm³/mol. The fourth-order valence-corrected chi connectivity index (χ4v) is 2.69. The Morgan fingerprint density at radius 1 is 1.27 bits per heavy atom. The van der Waals surface area contributed by atoms with Crippen LogP contribution in [-0.4, -0.2) is 37.4 Å². The Balaban J connectivity index is 0.00000242. The molecule has 0 amide bonds. The second-order valence-corrected chi connectivity index (χ2v) is 7.12. The van der Waals surface area contributed by atoms with E-state index < -0.39 is 9.84 Å². The van der Waals surface area contributed by atoms with Gasteiger partial charge in [-0.2, -0.15) is 4.98 Å². The molecule has 0 bridgehead atoms. The summed E-state index contributed by atoms with van der Waals surface area (Å²) in [5.74, 6) is 1.10. The Hall–Kier alpha value is -1.44. The molecule has 0 spiro atoms. The molecule has 1 heterocycles. The summed E-state index contributed by atoms with van der Waals surface area (Å²) in [4.78, 5) is 4.62. The first-order valence-corrected chi connectivity index (χ1v) is 8.44. The molecule has 2 rings (SSSR count). The molecule has 1 N–H and O–H groups in total. The Kier molecular flexibility index (Phi) is 6.52. The van der Waals surface area contributed by atoms with E-state index >= 15 is 0 Å². The highest BCUT2D eigenvalue weighted by atomic mass is 35.5.